The number of carbonyl (C=O) groups is 1. The molecule has 0 N–H and O–H groups in total. The molecule has 0 saturated carbocycles. The van der Waals surface area contributed by atoms with Crippen LogP contribution < -0.4 is 14.2 Å². The minimum Gasteiger partial charge on any atom is -0.492 e. The standard InChI is InChI=1S/C24H30ClNO4/c1-16(13-20(27)10-7-17-5-8-19(25)9-6-17)22-18(11-12-26(2)3)14-21-23(24(22)28-4)30-15-29-21/h5-6,8-9,14,16H,7,10-13,15H2,1-4H3. The molecule has 0 saturated heterocycles. The summed E-state index contributed by atoms with van der Waals surface area (Å²) >= 11 is 5.94. The zero-order valence-corrected chi connectivity index (χ0v) is 18.9. The number of ketones is 1. The van der Waals surface area contributed by atoms with Gasteiger partial charge in [0.1, 0.15) is 5.78 Å². The van der Waals surface area contributed by atoms with Crippen LogP contribution in [0, 0.1) is 0 Å². The molecule has 30 heavy (non-hydrogen) atoms. The number of nitrogens with zero attached hydrogens (tertiary/aromatic N) is 1. The lowest BCUT2D eigenvalue weighted by Gasteiger charge is -2.22. The third kappa shape index (κ3) is 5.46. The second-order valence-corrected chi connectivity index (χ2v) is 8.48. The molecule has 0 spiro atoms. The minimum atomic E-state index is 0.0179. The van der Waals surface area contributed by atoms with Gasteiger partial charge in [-0.05, 0) is 62.2 Å². The first-order valence-corrected chi connectivity index (χ1v) is 10.7. The van der Waals surface area contributed by atoms with E-state index in [1.165, 1.54) is 0 Å². The number of methoxy groups -OCH3 is 1. The summed E-state index contributed by atoms with van der Waals surface area (Å²) in [4.78, 5) is 14.9. The lowest BCUT2D eigenvalue weighted by atomic mass is 9.87. The number of fused-ring (bicyclic) bond motifs is 1. The smallest absolute Gasteiger partial charge is 0.231 e. The highest BCUT2D eigenvalue weighted by Gasteiger charge is 2.28. The van der Waals surface area contributed by atoms with Crippen LogP contribution in [0.5, 0.6) is 17.2 Å². The van der Waals surface area contributed by atoms with Crippen LogP contribution in [0.25, 0.3) is 0 Å². The summed E-state index contributed by atoms with van der Waals surface area (Å²) in [6, 6.07) is 9.70. The first kappa shape index (κ1) is 22.4. The van der Waals surface area contributed by atoms with E-state index in [0.717, 1.165) is 29.7 Å². The van der Waals surface area contributed by atoms with Crippen LogP contribution in [0.15, 0.2) is 30.3 Å². The van der Waals surface area contributed by atoms with Crippen molar-refractivity contribution in [1.82, 2.24) is 4.90 Å². The zero-order valence-electron chi connectivity index (χ0n) is 18.2. The average Bonchev–Trinajstić information content (AvgIpc) is 3.18. The predicted octanol–water partition coefficient (Wildman–Crippen LogP) is 4.88. The Morgan fingerprint density at radius 2 is 1.93 bits per heavy atom. The highest BCUT2D eigenvalue weighted by molar-refractivity contribution is 6.30. The molecule has 162 valence electrons. The normalized spacial score (nSPS) is 13.5. The lowest BCUT2D eigenvalue weighted by molar-refractivity contribution is -0.119. The Bertz CT molecular complexity index is 880. The molecule has 0 radical (unpaired) electrons. The topological polar surface area (TPSA) is 48.0 Å². The van der Waals surface area contributed by atoms with Gasteiger partial charge < -0.3 is 19.1 Å². The zero-order chi connectivity index (χ0) is 21.7. The second kappa shape index (κ2) is 10.2. The molecule has 1 atom stereocenters. The number of carbonyl (C=O) groups excluding carboxylic acids is 1. The van der Waals surface area contributed by atoms with E-state index in [0.29, 0.717) is 41.5 Å². The molecule has 0 fully saturated rings. The Labute approximate surface area is 183 Å². The molecule has 2 aromatic carbocycles. The predicted molar refractivity (Wildman–Crippen MR) is 119 cm³/mol. The number of hydrogen-bond acceptors (Lipinski definition) is 5. The van der Waals surface area contributed by atoms with Crippen LogP contribution in [0.1, 0.15) is 42.4 Å². The molecule has 1 unspecified atom stereocenters. The van der Waals surface area contributed by atoms with E-state index in [-0.39, 0.29) is 18.5 Å². The van der Waals surface area contributed by atoms with E-state index in [1.807, 2.05) is 44.4 Å². The van der Waals surface area contributed by atoms with Gasteiger partial charge in [-0.25, -0.2) is 0 Å². The van der Waals surface area contributed by atoms with Crippen LogP contribution in [-0.4, -0.2) is 45.2 Å². The van der Waals surface area contributed by atoms with Gasteiger partial charge >= 0.3 is 0 Å². The SMILES string of the molecule is COc1c2c(cc(CCN(C)C)c1C(C)CC(=O)CCc1ccc(Cl)cc1)OCO2. The first-order chi connectivity index (χ1) is 14.4. The van der Waals surface area contributed by atoms with E-state index < -0.39 is 0 Å². The molecule has 3 rings (SSSR count). The summed E-state index contributed by atoms with van der Waals surface area (Å²) in [7, 11) is 5.74. The fraction of sp³-hybridized carbons (Fsp3) is 0.458. The number of Topliss-reactive ketones (excluding diaryl/α,β-unsaturated/α-hetero) is 1. The van der Waals surface area contributed by atoms with E-state index in [9.17, 15) is 4.79 Å². The van der Waals surface area contributed by atoms with Crippen molar-refractivity contribution in [1.29, 1.82) is 0 Å². The fourth-order valence-corrected chi connectivity index (χ4v) is 3.98. The Hall–Kier alpha value is -2.24. The molecule has 0 aromatic heterocycles. The molecule has 1 aliphatic rings. The molecule has 1 heterocycles. The number of ether oxygens (including phenoxy) is 3. The summed E-state index contributed by atoms with van der Waals surface area (Å²) < 4.78 is 17.0. The van der Waals surface area contributed by atoms with Gasteiger partial charge in [-0.2, -0.15) is 0 Å². The summed E-state index contributed by atoms with van der Waals surface area (Å²) in [5.41, 5.74) is 3.30. The number of likely N-dealkylation sites (N-methyl/N-ethyl adjacent to an activating group) is 1. The minimum absolute atomic E-state index is 0.0179. The highest BCUT2D eigenvalue weighted by atomic mass is 35.5. The van der Waals surface area contributed by atoms with Crippen LogP contribution in [0.2, 0.25) is 5.02 Å². The molecule has 0 amide bonds. The van der Waals surface area contributed by atoms with Crippen LogP contribution in [-0.2, 0) is 17.6 Å². The summed E-state index contributed by atoms with van der Waals surface area (Å²) in [5.74, 6) is 2.30. The molecule has 5 nitrogen and oxygen atoms in total. The van der Waals surface area contributed by atoms with Gasteiger partial charge in [-0.1, -0.05) is 30.7 Å². The number of rotatable bonds is 10. The van der Waals surface area contributed by atoms with Gasteiger partial charge in [0.05, 0.1) is 7.11 Å². The third-order valence-electron chi connectivity index (χ3n) is 5.41. The van der Waals surface area contributed by atoms with Crippen LogP contribution >= 0.6 is 11.6 Å². The van der Waals surface area contributed by atoms with Crippen molar-refractivity contribution < 1.29 is 19.0 Å². The number of aryl methyl sites for hydroxylation is 1. The van der Waals surface area contributed by atoms with Gasteiger partial charge in [-0.15, -0.1) is 0 Å². The third-order valence-corrected chi connectivity index (χ3v) is 5.66. The molecule has 1 aliphatic heterocycles. The summed E-state index contributed by atoms with van der Waals surface area (Å²) in [6.07, 6.45) is 2.53. The summed E-state index contributed by atoms with van der Waals surface area (Å²) in [6.45, 7) is 3.17. The largest absolute Gasteiger partial charge is 0.492 e. The van der Waals surface area contributed by atoms with Crippen LogP contribution in [0.4, 0.5) is 0 Å². The maximum atomic E-state index is 12.7. The van der Waals surface area contributed by atoms with Crippen molar-refractivity contribution in [2.45, 2.75) is 38.5 Å². The Balaban J connectivity index is 1.76. The average molecular weight is 432 g/mol. The summed E-state index contributed by atoms with van der Waals surface area (Å²) in [5, 5.41) is 0.707. The quantitative estimate of drug-likeness (QED) is 0.536. The van der Waals surface area contributed by atoms with Gasteiger partial charge in [0.15, 0.2) is 11.5 Å². The molecule has 6 heteroatoms. The van der Waals surface area contributed by atoms with Crippen molar-refractivity contribution in [3.05, 3.63) is 52.0 Å². The maximum Gasteiger partial charge on any atom is 0.231 e. The first-order valence-electron chi connectivity index (χ1n) is 10.3. The van der Waals surface area contributed by atoms with E-state index in [4.69, 9.17) is 25.8 Å². The van der Waals surface area contributed by atoms with E-state index in [1.54, 1.807) is 7.11 Å². The highest BCUT2D eigenvalue weighted by Crippen LogP contribution is 2.48. The van der Waals surface area contributed by atoms with Crippen LogP contribution in [0.3, 0.4) is 0 Å². The van der Waals surface area contributed by atoms with Gasteiger partial charge in [0.2, 0.25) is 12.5 Å². The van der Waals surface area contributed by atoms with Crippen molar-refractivity contribution >= 4 is 17.4 Å². The lowest BCUT2D eigenvalue weighted by Crippen LogP contribution is -2.17. The van der Waals surface area contributed by atoms with E-state index >= 15 is 0 Å². The molecular weight excluding hydrogens is 402 g/mol. The number of hydrogen-bond donors (Lipinski definition) is 0. The number of halogens is 1. The molecule has 0 bridgehead atoms. The molecular formula is C24H30ClNO4. The van der Waals surface area contributed by atoms with Crippen molar-refractivity contribution in [2.75, 3.05) is 34.5 Å². The second-order valence-electron chi connectivity index (χ2n) is 8.04. The fourth-order valence-electron chi connectivity index (χ4n) is 3.85. The van der Waals surface area contributed by atoms with Gasteiger partial charge in [-0.3, -0.25) is 4.79 Å². The maximum absolute atomic E-state index is 12.7. The van der Waals surface area contributed by atoms with Gasteiger partial charge in [0, 0.05) is 30.0 Å². The molecule has 2 aromatic rings. The Morgan fingerprint density at radius 1 is 1.20 bits per heavy atom. The van der Waals surface area contributed by atoms with Crippen molar-refractivity contribution in [3.63, 3.8) is 0 Å². The molecule has 0 aliphatic carbocycles. The van der Waals surface area contributed by atoms with E-state index in [2.05, 4.69) is 11.8 Å². The van der Waals surface area contributed by atoms with Gasteiger partial charge in [0.25, 0.3) is 0 Å². The van der Waals surface area contributed by atoms with Crippen molar-refractivity contribution in [2.24, 2.45) is 0 Å². The van der Waals surface area contributed by atoms with Crippen molar-refractivity contribution in [3.8, 4) is 17.2 Å². The Morgan fingerprint density at radius 3 is 2.60 bits per heavy atom. The number of benzene rings is 2. The Kier molecular flexibility index (Phi) is 7.62. The monoisotopic (exact) mass is 431 g/mol.